The van der Waals surface area contributed by atoms with E-state index < -0.39 is 0 Å². The highest BCUT2D eigenvalue weighted by atomic mass is 16.5. The molecule has 0 heterocycles. The number of carbonyl (C=O) groups excluding carboxylic acids is 1. The Bertz CT molecular complexity index is 162. The highest BCUT2D eigenvalue weighted by Crippen LogP contribution is 1.94. The zero-order valence-corrected chi connectivity index (χ0v) is 8.02. The fraction of sp³-hybridized carbons (Fsp3) is 0.667. The molecule has 0 saturated heterocycles. The zero-order valence-electron chi connectivity index (χ0n) is 8.02. The Morgan fingerprint density at radius 3 is 2.58 bits per heavy atom. The number of hydrogen-bond donors (Lipinski definition) is 1. The summed E-state index contributed by atoms with van der Waals surface area (Å²) in [5.74, 6) is -0.106. The summed E-state index contributed by atoms with van der Waals surface area (Å²) in [6, 6.07) is 0. The van der Waals surface area contributed by atoms with Crippen LogP contribution in [0.5, 0.6) is 0 Å². The molecule has 1 atom stereocenters. The molecule has 1 amide bonds. The second-order valence-electron chi connectivity index (χ2n) is 2.76. The number of methoxy groups -OCH3 is 1. The lowest BCUT2D eigenvalue weighted by molar-refractivity contribution is -0.118. The van der Waals surface area contributed by atoms with Gasteiger partial charge >= 0.3 is 0 Å². The first-order chi connectivity index (χ1) is 5.61. The van der Waals surface area contributed by atoms with E-state index >= 15 is 0 Å². The molecule has 0 radical (unpaired) electrons. The molecule has 0 bridgehead atoms. The molecular formula is C9H17NO2. The molecule has 3 heteroatoms. The summed E-state index contributed by atoms with van der Waals surface area (Å²) < 4.78 is 5.09. The van der Waals surface area contributed by atoms with Crippen molar-refractivity contribution in [1.82, 2.24) is 5.32 Å². The maximum Gasteiger partial charge on any atom is 0.246 e. The minimum absolute atomic E-state index is 0.105. The van der Waals surface area contributed by atoms with Gasteiger partial charge in [-0.1, -0.05) is 13.5 Å². The van der Waals surface area contributed by atoms with Gasteiger partial charge in [0.1, 0.15) is 0 Å². The summed E-state index contributed by atoms with van der Waals surface area (Å²) in [5, 5.41) is 2.72. The van der Waals surface area contributed by atoms with Crippen LogP contribution in [0.15, 0.2) is 12.2 Å². The molecule has 0 aromatic carbocycles. The van der Waals surface area contributed by atoms with E-state index in [1.807, 2.05) is 6.92 Å². The monoisotopic (exact) mass is 171 g/mol. The van der Waals surface area contributed by atoms with E-state index in [9.17, 15) is 4.79 Å². The van der Waals surface area contributed by atoms with Crippen molar-refractivity contribution in [3.05, 3.63) is 12.2 Å². The number of amides is 1. The van der Waals surface area contributed by atoms with Gasteiger partial charge in [-0.15, -0.1) is 0 Å². The fourth-order valence-corrected chi connectivity index (χ4v) is 0.752. The van der Waals surface area contributed by atoms with Crippen LogP contribution in [-0.2, 0) is 9.53 Å². The molecule has 0 spiro atoms. The van der Waals surface area contributed by atoms with Crippen LogP contribution in [0.1, 0.15) is 20.3 Å². The van der Waals surface area contributed by atoms with Crippen molar-refractivity contribution in [2.24, 2.45) is 0 Å². The molecule has 0 aliphatic rings. The van der Waals surface area contributed by atoms with Crippen LogP contribution in [-0.4, -0.2) is 25.7 Å². The van der Waals surface area contributed by atoms with Crippen molar-refractivity contribution in [3.63, 3.8) is 0 Å². The maximum atomic E-state index is 11.0. The molecule has 1 unspecified atom stereocenters. The first kappa shape index (κ1) is 11.2. The lowest BCUT2D eigenvalue weighted by Crippen LogP contribution is -2.32. The Hall–Kier alpha value is -0.830. The Morgan fingerprint density at radius 2 is 2.25 bits per heavy atom. The molecule has 1 N–H and O–H groups in total. The van der Waals surface area contributed by atoms with Crippen molar-refractivity contribution in [3.8, 4) is 0 Å². The van der Waals surface area contributed by atoms with Crippen LogP contribution < -0.4 is 5.32 Å². The van der Waals surface area contributed by atoms with E-state index in [-0.39, 0.29) is 12.0 Å². The summed E-state index contributed by atoms with van der Waals surface area (Å²) >= 11 is 0. The molecule has 0 aliphatic carbocycles. The van der Waals surface area contributed by atoms with Gasteiger partial charge in [0.25, 0.3) is 0 Å². The molecule has 70 valence electrons. The van der Waals surface area contributed by atoms with Crippen LogP contribution in [0.25, 0.3) is 0 Å². The van der Waals surface area contributed by atoms with Crippen molar-refractivity contribution < 1.29 is 9.53 Å². The predicted molar refractivity (Wildman–Crippen MR) is 48.9 cm³/mol. The summed E-state index contributed by atoms with van der Waals surface area (Å²) in [6.45, 7) is 7.78. The number of carbonyl (C=O) groups is 1. The Labute approximate surface area is 73.8 Å². The smallest absolute Gasteiger partial charge is 0.246 e. The maximum absolute atomic E-state index is 11.0. The minimum Gasteiger partial charge on any atom is -0.380 e. The molecule has 0 aromatic rings. The molecule has 0 fully saturated rings. The van der Waals surface area contributed by atoms with Gasteiger partial charge in [-0.3, -0.25) is 4.79 Å². The van der Waals surface area contributed by atoms with Crippen LogP contribution in [0.4, 0.5) is 0 Å². The second-order valence-corrected chi connectivity index (χ2v) is 2.76. The van der Waals surface area contributed by atoms with E-state index in [1.54, 1.807) is 14.0 Å². The third kappa shape index (κ3) is 4.13. The van der Waals surface area contributed by atoms with Crippen LogP contribution in [0.3, 0.4) is 0 Å². The van der Waals surface area contributed by atoms with Crippen LogP contribution in [0, 0.1) is 0 Å². The van der Waals surface area contributed by atoms with Crippen molar-refractivity contribution in [2.75, 3.05) is 13.7 Å². The number of rotatable bonds is 5. The van der Waals surface area contributed by atoms with Crippen molar-refractivity contribution in [2.45, 2.75) is 26.4 Å². The third-order valence-electron chi connectivity index (χ3n) is 1.67. The predicted octanol–water partition coefficient (Wildman–Crippen LogP) is 1.10. The van der Waals surface area contributed by atoms with E-state index in [0.717, 1.165) is 6.42 Å². The molecule has 0 aromatic heterocycles. The molecule has 0 aliphatic heterocycles. The average Bonchev–Trinajstić information content (AvgIpc) is 2.05. The van der Waals surface area contributed by atoms with Crippen LogP contribution >= 0.6 is 0 Å². The fourth-order valence-electron chi connectivity index (χ4n) is 0.752. The van der Waals surface area contributed by atoms with Crippen molar-refractivity contribution in [1.29, 1.82) is 0 Å². The number of nitrogens with one attached hydrogen (secondary N) is 1. The van der Waals surface area contributed by atoms with E-state index in [4.69, 9.17) is 4.74 Å². The lowest BCUT2D eigenvalue weighted by atomic mass is 10.2. The third-order valence-corrected chi connectivity index (χ3v) is 1.67. The largest absolute Gasteiger partial charge is 0.380 e. The van der Waals surface area contributed by atoms with Gasteiger partial charge in [-0.2, -0.15) is 0 Å². The standard InChI is InChI=1S/C9H17NO2/c1-5-8(12-4)6-10-9(11)7(2)3/h8H,2,5-6H2,1,3-4H3,(H,10,11). The van der Waals surface area contributed by atoms with Gasteiger partial charge in [0.05, 0.1) is 6.10 Å². The molecule has 0 saturated carbocycles. The second kappa shape index (κ2) is 5.77. The van der Waals surface area contributed by atoms with E-state index in [1.165, 1.54) is 0 Å². The van der Waals surface area contributed by atoms with Crippen LogP contribution in [0.2, 0.25) is 0 Å². The van der Waals surface area contributed by atoms with E-state index in [2.05, 4.69) is 11.9 Å². The summed E-state index contributed by atoms with van der Waals surface area (Å²) in [7, 11) is 1.64. The lowest BCUT2D eigenvalue weighted by Gasteiger charge is -2.13. The zero-order chi connectivity index (χ0) is 9.56. The summed E-state index contributed by atoms with van der Waals surface area (Å²) in [4.78, 5) is 11.0. The average molecular weight is 171 g/mol. The van der Waals surface area contributed by atoms with Gasteiger partial charge in [-0.05, 0) is 13.3 Å². The number of hydrogen-bond acceptors (Lipinski definition) is 2. The molecular weight excluding hydrogens is 154 g/mol. The highest BCUT2D eigenvalue weighted by molar-refractivity contribution is 5.92. The topological polar surface area (TPSA) is 38.3 Å². The van der Waals surface area contributed by atoms with Gasteiger partial charge in [0.2, 0.25) is 5.91 Å². The Balaban J connectivity index is 3.66. The molecule has 3 nitrogen and oxygen atoms in total. The number of ether oxygens (including phenoxy) is 1. The molecule has 0 rings (SSSR count). The first-order valence-electron chi connectivity index (χ1n) is 4.08. The van der Waals surface area contributed by atoms with Gasteiger partial charge in [0, 0.05) is 19.2 Å². The van der Waals surface area contributed by atoms with E-state index in [0.29, 0.717) is 12.1 Å². The first-order valence-corrected chi connectivity index (χ1v) is 4.08. The normalized spacial score (nSPS) is 12.2. The minimum atomic E-state index is -0.106. The molecule has 12 heavy (non-hydrogen) atoms. The summed E-state index contributed by atoms with van der Waals surface area (Å²) in [6.07, 6.45) is 1.00. The highest BCUT2D eigenvalue weighted by Gasteiger charge is 2.06. The Kier molecular flexibility index (Phi) is 5.37. The Morgan fingerprint density at radius 1 is 1.67 bits per heavy atom. The van der Waals surface area contributed by atoms with Gasteiger partial charge in [-0.25, -0.2) is 0 Å². The van der Waals surface area contributed by atoms with Gasteiger partial charge in [0.15, 0.2) is 0 Å². The van der Waals surface area contributed by atoms with Gasteiger partial charge < -0.3 is 10.1 Å². The SMILES string of the molecule is C=C(C)C(=O)NCC(CC)OC. The quantitative estimate of drug-likeness (QED) is 0.629. The van der Waals surface area contributed by atoms with Crippen molar-refractivity contribution >= 4 is 5.91 Å². The summed E-state index contributed by atoms with van der Waals surface area (Å²) in [5.41, 5.74) is 0.529.